The van der Waals surface area contributed by atoms with Crippen LogP contribution in [0.1, 0.15) is 18.9 Å². The fraction of sp³-hybridized carbons (Fsp3) is 0.348. The molecular weight excluding hydrogens is 412 g/mol. The van der Waals surface area contributed by atoms with Crippen molar-refractivity contribution < 1.29 is 23.8 Å². The summed E-state index contributed by atoms with van der Waals surface area (Å²) in [6, 6.07) is 12.1. The maximum absolute atomic E-state index is 13.3. The van der Waals surface area contributed by atoms with Crippen LogP contribution in [-0.2, 0) is 14.3 Å². The molecule has 2 amide bonds. The van der Waals surface area contributed by atoms with Crippen LogP contribution in [0.5, 0.6) is 11.5 Å². The van der Waals surface area contributed by atoms with Crippen molar-refractivity contribution in [3.63, 3.8) is 0 Å². The molecule has 2 heterocycles. The summed E-state index contributed by atoms with van der Waals surface area (Å²) in [5.41, 5.74) is 2.09. The lowest BCUT2D eigenvalue weighted by molar-refractivity contribution is -0.124. The van der Waals surface area contributed by atoms with Gasteiger partial charge in [0.15, 0.2) is 0 Å². The first-order valence-corrected chi connectivity index (χ1v) is 10.4. The lowest BCUT2D eigenvalue weighted by atomic mass is 10.1. The summed E-state index contributed by atoms with van der Waals surface area (Å²) in [5.74, 6) is 1.20. The second-order valence-corrected chi connectivity index (χ2v) is 7.44. The van der Waals surface area contributed by atoms with Crippen molar-refractivity contribution in [2.24, 2.45) is 0 Å². The third-order valence-corrected chi connectivity index (χ3v) is 5.47. The number of carbonyl (C=O) groups excluding carboxylic acids is 2. The zero-order valence-corrected chi connectivity index (χ0v) is 18.3. The van der Waals surface area contributed by atoms with Crippen molar-refractivity contribution in [2.75, 3.05) is 44.7 Å². The van der Waals surface area contributed by atoms with E-state index in [1.54, 1.807) is 37.3 Å². The number of anilines is 2. The number of ether oxygens (including phenoxy) is 3. The first kappa shape index (κ1) is 21.6. The number of methoxy groups -OCH3 is 3. The minimum Gasteiger partial charge on any atom is -0.497 e. The van der Waals surface area contributed by atoms with Gasteiger partial charge in [-0.2, -0.15) is 0 Å². The quantitative estimate of drug-likeness (QED) is 0.516. The number of imidazole rings is 1. The van der Waals surface area contributed by atoms with Gasteiger partial charge in [-0.1, -0.05) is 12.1 Å². The van der Waals surface area contributed by atoms with Crippen molar-refractivity contribution in [3.05, 3.63) is 42.5 Å². The van der Waals surface area contributed by atoms with Gasteiger partial charge < -0.3 is 19.5 Å². The summed E-state index contributed by atoms with van der Waals surface area (Å²) in [5, 5.41) is 2.85. The maximum atomic E-state index is 13.3. The molecule has 1 N–H and O–H groups in total. The molecule has 1 aliphatic rings. The fourth-order valence-corrected chi connectivity index (χ4v) is 3.96. The standard InChI is InChI=1S/C23H26N4O5/c1-30-12-6-11-26-22(29)19(27-18-8-5-4-7-16(18)25-23(26)27)14-21(28)24-17-13-15(31-2)9-10-20(17)32-3/h4-5,7-10,13,19H,6,11-12,14H2,1-3H3,(H,24,28). The SMILES string of the molecule is COCCCN1C(=O)C(CC(=O)Nc2cc(OC)ccc2OC)n2c1nc1ccccc12. The number of carbonyl (C=O) groups is 2. The monoisotopic (exact) mass is 438 g/mol. The second kappa shape index (κ2) is 9.27. The van der Waals surface area contributed by atoms with Gasteiger partial charge in [-0.15, -0.1) is 0 Å². The van der Waals surface area contributed by atoms with E-state index < -0.39 is 6.04 Å². The van der Waals surface area contributed by atoms with Gasteiger partial charge in [-0.25, -0.2) is 4.98 Å². The van der Waals surface area contributed by atoms with Crippen LogP contribution in [0.2, 0.25) is 0 Å². The summed E-state index contributed by atoms with van der Waals surface area (Å²) >= 11 is 0. The van der Waals surface area contributed by atoms with E-state index >= 15 is 0 Å². The van der Waals surface area contributed by atoms with Crippen LogP contribution in [0.25, 0.3) is 11.0 Å². The predicted molar refractivity (Wildman–Crippen MR) is 120 cm³/mol. The maximum Gasteiger partial charge on any atom is 0.253 e. The summed E-state index contributed by atoms with van der Waals surface area (Å²) in [4.78, 5) is 32.6. The largest absolute Gasteiger partial charge is 0.497 e. The lowest BCUT2D eigenvalue weighted by Gasteiger charge is -2.16. The fourth-order valence-electron chi connectivity index (χ4n) is 3.96. The van der Waals surface area contributed by atoms with Crippen molar-refractivity contribution in [1.82, 2.24) is 9.55 Å². The molecule has 1 aliphatic heterocycles. The average Bonchev–Trinajstić information content (AvgIpc) is 3.29. The highest BCUT2D eigenvalue weighted by Gasteiger charge is 2.40. The van der Waals surface area contributed by atoms with Gasteiger partial charge in [0.2, 0.25) is 11.9 Å². The number of hydrogen-bond acceptors (Lipinski definition) is 6. The van der Waals surface area contributed by atoms with Gasteiger partial charge in [0.1, 0.15) is 17.5 Å². The summed E-state index contributed by atoms with van der Waals surface area (Å²) in [6.07, 6.45) is 0.638. The van der Waals surface area contributed by atoms with Crippen LogP contribution >= 0.6 is 0 Å². The van der Waals surface area contributed by atoms with Crippen LogP contribution in [0.3, 0.4) is 0 Å². The molecule has 4 rings (SSSR count). The van der Waals surface area contributed by atoms with Crippen molar-refractivity contribution in [3.8, 4) is 11.5 Å². The van der Waals surface area contributed by atoms with E-state index in [1.165, 1.54) is 7.11 Å². The molecule has 0 radical (unpaired) electrons. The van der Waals surface area contributed by atoms with Gasteiger partial charge in [0.05, 0.1) is 37.4 Å². The van der Waals surface area contributed by atoms with Gasteiger partial charge in [0.25, 0.3) is 5.91 Å². The minimum absolute atomic E-state index is 0.0344. The summed E-state index contributed by atoms with van der Waals surface area (Å²) < 4.78 is 17.6. The van der Waals surface area contributed by atoms with Crippen molar-refractivity contribution >= 4 is 34.5 Å². The number of benzene rings is 2. The molecular formula is C23H26N4O5. The van der Waals surface area contributed by atoms with Gasteiger partial charge >= 0.3 is 0 Å². The Morgan fingerprint density at radius 1 is 1.12 bits per heavy atom. The third-order valence-electron chi connectivity index (χ3n) is 5.47. The topological polar surface area (TPSA) is 94.9 Å². The highest BCUT2D eigenvalue weighted by atomic mass is 16.5. The van der Waals surface area contributed by atoms with E-state index in [9.17, 15) is 9.59 Å². The zero-order valence-electron chi connectivity index (χ0n) is 18.3. The van der Waals surface area contributed by atoms with Crippen LogP contribution in [0, 0.1) is 0 Å². The Labute approximate surface area is 185 Å². The Morgan fingerprint density at radius 2 is 1.94 bits per heavy atom. The Bertz CT molecular complexity index is 1140. The van der Waals surface area contributed by atoms with Gasteiger partial charge in [-0.05, 0) is 30.7 Å². The smallest absolute Gasteiger partial charge is 0.253 e. The molecule has 1 atom stereocenters. The van der Waals surface area contributed by atoms with E-state index in [2.05, 4.69) is 10.3 Å². The number of hydrogen-bond donors (Lipinski definition) is 1. The number of nitrogens with one attached hydrogen (secondary N) is 1. The molecule has 3 aromatic rings. The van der Waals surface area contributed by atoms with Crippen LogP contribution in [-0.4, -0.2) is 55.8 Å². The zero-order chi connectivity index (χ0) is 22.7. The van der Waals surface area contributed by atoms with Gasteiger partial charge in [-0.3, -0.25) is 19.1 Å². The Kier molecular flexibility index (Phi) is 6.27. The molecule has 0 fully saturated rings. The summed E-state index contributed by atoms with van der Waals surface area (Å²) in [7, 11) is 4.70. The molecule has 0 saturated heterocycles. The molecule has 32 heavy (non-hydrogen) atoms. The Balaban J connectivity index is 1.61. The number of nitrogens with zero attached hydrogens (tertiary/aromatic N) is 3. The van der Waals surface area contributed by atoms with E-state index in [0.717, 1.165) is 11.0 Å². The lowest BCUT2D eigenvalue weighted by Crippen LogP contribution is -2.32. The molecule has 168 valence electrons. The molecule has 9 nitrogen and oxygen atoms in total. The molecule has 0 spiro atoms. The normalized spacial score (nSPS) is 15.2. The molecule has 9 heteroatoms. The number of para-hydroxylation sites is 2. The first-order valence-electron chi connectivity index (χ1n) is 10.4. The van der Waals surface area contributed by atoms with Crippen LogP contribution in [0.15, 0.2) is 42.5 Å². The Hall–Kier alpha value is -3.59. The average molecular weight is 438 g/mol. The highest BCUT2D eigenvalue weighted by Crippen LogP contribution is 2.37. The third kappa shape index (κ3) is 3.99. The highest BCUT2D eigenvalue weighted by molar-refractivity contribution is 6.05. The molecule has 2 aromatic carbocycles. The van der Waals surface area contributed by atoms with Crippen molar-refractivity contribution in [1.29, 1.82) is 0 Å². The van der Waals surface area contributed by atoms with E-state index in [4.69, 9.17) is 14.2 Å². The van der Waals surface area contributed by atoms with Gasteiger partial charge in [0, 0.05) is 26.3 Å². The van der Waals surface area contributed by atoms with E-state index in [0.29, 0.717) is 42.7 Å². The molecule has 0 aliphatic carbocycles. The number of fused-ring (bicyclic) bond motifs is 3. The van der Waals surface area contributed by atoms with Crippen molar-refractivity contribution in [2.45, 2.75) is 18.9 Å². The predicted octanol–water partition coefficient (Wildman–Crippen LogP) is 3.01. The number of aromatic nitrogens is 2. The molecule has 1 unspecified atom stereocenters. The molecule has 1 aromatic heterocycles. The first-order chi connectivity index (χ1) is 15.6. The minimum atomic E-state index is -0.684. The number of rotatable bonds is 9. The van der Waals surface area contributed by atoms with Crippen LogP contribution in [0.4, 0.5) is 11.6 Å². The summed E-state index contributed by atoms with van der Waals surface area (Å²) in [6.45, 7) is 1.00. The Morgan fingerprint density at radius 3 is 2.69 bits per heavy atom. The van der Waals surface area contributed by atoms with E-state index in [-0.39, 0.29) is 18.2 Å². The number of amides is 2. The van der Waals surface area contributed by atoms with Crippen LogP contribution < -0.4 is 19.7 Å². The second-order valence-electron chi connectivity index (χ2n) is 7.44. The molecule has 0 bridgehead atoms. The molecule has 0 saturated carbocycles. The van der Waals surface area contributed by atoms with E-state index in [1.807, 2.05) is 28.8 Å².